The van der Waals surface area contributed by atoms with Gasteiger partial charge in [-0.3, -0.25) is 0 Å². The molecule has 1 heterocycles. The van der Waals surface area contributed by atoms with E-state index in [1.807, 2.05) is 24.3 Å². The van der Waals surface area contributed by atoms with E-state index in [1.54, 1.807) is 21.3 Å². The summed E-state index contributed by atoms with van der Waals surface area (Å²) in [5, 5.41) is 0. The highest BCUT2D eigenvalue weighted by Crippen LogP contribution is 2.41. The summed E-state index contributed by atoms with van der Waals surface area (Å²) in [5.41, 5.74) is 4.63. The van der Waals surface area contributed by atoms with E-state index in [2.05, 4.69) is 43.1 Å². The minimum atomic E-state index is 0.142. The molecule has 2 aromatic carbocycles. The van der Waals surface area contributed by atoms with Crippen molar-refractivity contribution < 1.29 is 14.2 Å². The highest BCUT2D eigenvalue weighted by atomic mass is 16.5. The molecule has 5 nitrogen and oxygen atoms in total. The van der Waals surface area contributed by atoms with Crippen molar-refractivity contribution in [1.29, 1.82) is 0 Å². The summed E-state index contributed by atoms with van der Waals surface area (Å²) in [5.74, 6) is 3.07. The summed E-state index contributed by atoms with van der Waals surface area (Å²) < 4.78 is 16.1. The van der Waals surface area contributed by atoms with Crippen molar-refractivity contribution in [2.45, 2.75) is 38.5 Å². The first-order chi connectivity index (χ1) is 14.6. The van der Waals surface area contributed by atoms with Gasteiger partial charge in [0.2, 0.25) is 0 Å². The van der Waals surface area contributed by atoms with Crippen molar-refractivity contribution in [1.82, 2.24) is 9.97 Å². The topological polar surface area (TPSA) is 56.4 Å². The van der Waals surface area contributed by atoms with Gasteiger partial charge in [0.05, 0.1) is 19.9 Å². The molecule has 3 aromatic rings. The lowest BCUT2D eigenvalue weighted by atomic mass is 9.78. The third-order valence-corrected chi connectivity index (χ3v) is 5.71. The Kier molecular flexibility index (Phi) is 7.52. The second-order valence-electron chi connectivity index (χ2n) is 7.60. The van der Waals surface area contributed by atoms with E-state index < -0.39 is 0 Å². The average molecular weight is 409 g/mol. The number of rotatable bonds is 10. The zero-order valence-corrected chi connectivity index (χ0v) is 18.6. The average Bonchev–Trinajstić information content (AvgIpc) is 3.12. The number of methoxy groups -OCH3 is 3. The van der Waals surface area contributed by atoms with Crippen LogP contribution in [0, 0.1) is 13.8 Å². The van der Waals surface area contributed by atoms with Crippen molar-refractivity contribution in [2.24, 2.45) is 0 Å². The number of nitrogens with zero attached hydrogens (tertiary/aromatic N) is 1. The largest absolute Gasteiger partial charge is 0.497 e. The van der Waals surface area contributed by atoms with Gasteiger partial charge in [-0.2, -0.15) is 0 Å². The summed E-state index contributed by atoms with van der Waals surface area (Å²) in [6.07, 6.45) is 1.92. The smallest absolute Gasteiger partial charge is 0.118 e. The van der Waals surface area contributed by atoms with Crippen LogP contribution in [0.5, 0.6) is 11.5 Å². The molecule has 1 unspecified atom stereocenters. The number of hydrogen-bond donors (Lipinski definition) is 1. The number of aromatic amines is 1. The predicted octanol–water partition coefficient (Wildman–Crippen LogP) is 5.39. The highest BCUT2D eigenvalue weighted by Gasteiger charge is 2.29. The van der Waals surface area contributed by atoms with Crippen molar-refractivity contribution in [3.8, 4) is 11.5 Å². The van der Waals surface area contributed by atoms with Crippen LogP contribution in [0.2, 0.25) is 0 Å². The molecular formula is C25H32N2O3. The normalized spacial score (nSPS) is 12.2. The molecule has 0 aliphatic carbocycles. The lowest BCUT2D eigenvalue weighted by Crippen LogP contribution is -2.16. The fraction of sp³-hybridized carbons (Fsp3) is 0.400. The van der Waals surface area contributed by atoms with Crippen LogP contribution in [-0.4, -0.2) is 37.9 Å². The van der Waals surface area contributed by atoms with Crippen molar-refractivity contribution in [3.63, 3.8) is 0 Å². The van der Waals surface area contributed by atoms with Crippen molar-refractivity contribution in [2.75, 3.05) is 27.9 Å². The molecule has 3 rings (SSSR count). The maximum absolute atomic E-state index is 5.38. The molecule has 0 bridgehead atoms. The summed E-state index contributed by atoms with van der Waals surface area (Å²) in [4.78, 5) is 8.42. The first-order valence-electron chi connectivity index (χ1n) is 10.4. The number of benzene rings is 2. The minimum Gasteiger partial charge on any atom is -0.497 e. The first kappa shape index (κ1) is 21.9. The fourth-order valence-corrected chi connectivity index (χ4v) is 3.94. The standard InChI is InChI=1S/C25H32N2O3/c1-17-18(2)27-25(26-17)23(7-6-16-28-3)24(19-8-12-21(29-4)13-9-19)20-10-14-22(30-5)15-11-20/h8-15,23-24H,6-7,16H2,1-5H3,(H,26,27). The predicted molar refractivity (Wildman–Crippen MR) is 120 cm³/mol. The van der Waals surface area contributed by atoms with Gasteiger partial charge in [0.1, 0.15) is 17.3 Å². The van der Waals surface area contributed by atoms with Gasteiger partial charge in [-0.25, -0.2) is 4.98 Å². The number of imidazole rings is 1. The zero-order chi connectivity index (χ0) is 21.5. The van der Waals surface area contributed by atoms with Gasteiger partial charge in [-0.05, 0) is 62.1 Å². The molecule has 0 saturated carbocycles. The van der Waals surface area contributed by atoms with E-state index in [4.69, 9.17) is 19.2 Å². The van der Waals surface area contributed by atoms with E-state index in [0.29, 0.717) is 0 Å². The van der Waals surface area contributed by atoms with E-state index in [9.17, 15) is 0 Å². The number of aryl methyl sites for hydroxylation is 2. The van der Waals surface area contributed by atoms with E-state index >= 15 is 0 Å². The molecule has 1 N–H and O–H groups in total. The molecule has 0 saturated heterocycles. The number of ether oxygens (including phenoxy) is 3. The third-order valence-electron chi connectivity index (χ3n) is 5.71. The Labute approximate surface area is 179 Å². The third kappa shape index (κ3) is 5.03. The molecule has 160 valence electrons. The van der Waals surface area contributed by atoms with Crippen LogP contribution in [0.25, 0.3) is 0 Å². The molecule has 0 fully saturated rings. The second-order valence-corrected chi connectivity index (χ2v) is 7.60. The van der Waals surface area contributed by atoms with Crippen LogP contribution >= 0.6 is 0 Å². The van der Waals surface area contributed by atoms with Crippen LogP contribution in [0.4, 0.5) is 0 Å². The minimum absolute atomic E-state index is 0.142. The molecule has 5 heteroatoms. The Morgan fingerprint density at radius 1 is 0.833 bits per heavy atom. The Hall–Kier alpha value is -2.79. The van der Waals surface area contributed by atoms with Gasteiger partial charge in [0, 0.05) is 31.2 Å². The van der Waals surface area contributed by atoms with E-state index in [-0.39, 0.29) is 11.8 Å². The zero-order valence-electron chi connectivity index (χ0n) is 18.6. The van der Waals surface area contributed by atoms with Crippen LogP contribution < -0.4 is 9.47 Å². The quantitative estimate of drug-likeness (QED) is 0.457. The number of H-pyrrole nitrogens is 1. The second kappa shape index (κ2) is 10.3. The molecule has 1 aromatic heterocycles. The molecule has 0 amide bonds. The Morgan fingerprint density at radius 2 is 1.37 bits per heavy atom. The van der Waals surface area contributed by atoms with Crippen LogP contribution in [0.1, 0.15) is 53.0 Å². The van der Waals surface area contributed by atoms with Crippen LogP contribution in [0.3, 0.4) is 0 Å². The van der Waals surface area contributed by atoms with Gasteiger partial charge in [-0.1, -0.05) is 24.3 Å². The Balaban J connectivity index is 2.08. The molecule has 0 radical (unpaired) electrons. The lowest BCUT2D eigenvalue weighted by molar-refractivity contribution is 0.189. The van der Waals surface area contributed by atoms with Gasteiger partial charge in [0.25, 0.3) is 0 Å². The Morgan fingerprint density at radius 3 is 1.77 bits per heavy atom. The summed E-state index contributed by atoms with van der Waals surface area (Å²) in [6.45, 7) is 4.86. The van der Waals surface area contributed by atoms with E-state index in [0.717, 1.165) is 48.2 Å². The molecule has 30 heavy (non-hydrogen) atoms. The van der Waals surface area contributed by atoms with E-state index in [1.165, 1.54) is 11.1 Å². The molecular weight excluding hydrogens is 376 g/mol. The number of nitrogens with one attached hydrogen (secondary N) is 1. The SMILES string of the molecule is COCCCC(c1nc(C)c(C)[nH]1)C(c1ccc(OC)cc1)c1ccc(OC)cc1. The molecule has 0 aliphatic heterocycles. The molecule has 1 atom stereocenters. The monoisotopic (exact) mass is 408 g/mol. The lowest BCUT2D eigenvalue weighted by Gasteiger charge is -2.27. The fourth-order valence-electron chi connectivity index (χ4n) is 3.94. The van der Waals surface area contributed by atoms with Crippen molar-refractivity contribution in [3.05, 3.63) is 76.9 Å². The van der Waals surface area contributed by atoms with Crippen LogP contribution in [0.15, 0.2) is 48.5 Å². The highest BCUT2D eigenvalue weighted by molar-refractivity contribution is 5.41. The molecule has 0 aliphatic rings. The number of aromatic nitrogens is 2. The number of hydrogen-bond acceptors (Lipinski definition) is 4. The van der Waals surface area contributed by atoms with Gasteiger partial charge >= 0.3 is 0 Å². The summed E-state index contributed by atoms with van der Waals surface area (Å²) >= 11 is 0. The van der Waals surface area contributed by atoms with Gasteiger partial charge in [-0.15, -0.1) is 0 Å². The van der Waals surface area contributed by atoms with Crippen LogP contribution in [-0.2, 0) is 4.74 Å². The maximum Gasteiger partial charge on any atom is 0.118 e. The summed E-state index contributed by atoms with van der Waals surface area (Å²) in [7, 11) is 5.14. The summed E-state index contributed by atoms with van der Waals surface area (Å²) in [6, 6.07) is 16.7. The van der Waals surface area contributed by atoms with Gasteiger partial charge < -0.3 is 19.2 Å². The molecule has 0 spiro atoms. The first-order valence-corrected chi connectivity index (χ1v) is 10.4. The maximum atomic E-state index is 5.38. The van der Waals surface area contributed by atoms with Gasteiger partial charge in [0.15, 0.2) is 0 Å². The Bertz CT molecular complexity index is 850. The van der Waals surface area contributed by atoms with Crippen molar-refractivity contribution >= 4 is 0 Å².